The molecular weight excluding hydrogens is 397 g/mol. The van der Waals surface area contributed by atoms with Crippen molar-refractivity contribution in [2.75, 3.05) is 27.3 Å². The zero-order chi connectivity index (χ0) is 21.7. The average molecular weight is 422 g/mol. The SMILES string of the molecule is COc1ccc(C2CCCN2C(=O)CNC(c2ccccc2)C(F)(F)F)cc1OC. The Bertz CT molecular complexity index is 858. The fraction of sp³-hybridized carbons (Fsp3) is 0.409. The van der Waals surface area contributed by atoms with Crippen LogP contribution in [0.3, 0.4) is 0 Å². The molecule has 3 rings (SSSR count). The highest BCUT2D eigenvalue weighted by atomic mass is 19.4. The zero-order valence-electron chi connectivity index (χ0n) is 16.9. The predicted molar refractivity (Wildman–Crippen MR) is 106 cm³/mol. The molecule has 8 heteroatoms. The first-order chi connectivity index (χ1) is 14.3. The number of hydrogen-bond acceptors (Lipinski definition) is 4. The van der Waals surface area contributed by atoms with Crippen LogP contribution in [0, 0.1) is 0 Å². The first-order valence-corrected chi connectivity index (χ1v) is 9.71. The molecule has 1 fully saturated rings. The summed E-state index contributed by atoms with van der Waals surface area (Å²) >= 11 is 0. The molecule has 0 bridgehead atoms. The molecule has 1 N–H and O–H groups in total. The van der Waals surface area contributed by atoms with Gasteiger partial charge in [0.05, 0.1) is 26.8 Å². The van der Waals surface area contributed by atoms with Crippen LogP contribution in [-0.2, 0) is 4.79 Å². The summed E-state index contributed by atoms with van der Waals surface area (Å²) in [4.78, 5) is 14.4. The number of amides is 1. The molecule has 1 saturated heterocycles. The van der Waals surface area contributed by atoms with E-state index in [1.807, 2.05) is 12.1 Å². The van der Waals surface area contributed by atoms with Crippen molar-refractivity contribution in [1.82, 2.24) is 10.2 Å². The molecule has 1 aliphatic rings. The van der Waals surface area contributed by atoms with E-state index in [1.165, 1.54) is 19.2 Å². The fourth-order valence-electron chi connectivity index (χ4n) is 3.83. The van der Waals surface area contributed by atoms with E-state index in [-0.39, 0.29) is 17.5 Å². The molecule has 30 heavy (non-hydrogen) atoms. The Morgan fingerprint density at radius 2 is 1.83 bits per heavy atom. The van der Waals surface area contributed by atoms with Crippen molar-refractivity contribution < 1.29 is 27.4 Å². The Morgan fingerprint density at radius 1 is 1.13 bits per heavy atom. The van der Waals surface area contributed by atoms with Crippen LogP contribution in [-0.4, -0.2) is 44.3 Å². The number of ether oxygens (including phenoxy) is 2. The second-order valence-electron chi connectivity index (χ2n) is 7.13. The molecule has 2 aromatic carbocycles. The van der Waals surface area contributed by atoms with Gasteiger partial charge in [0.1, 0.15) is 6.04 Å². The fourth-order valence-corrected chi connectivity index (χ4v) is 3.83. The van der Waals surface area contributed by atoms with Crippen LogP contribution >= 0.6 is 0 Å². The average Bonchev–Trinajstić information content (AvgIpc) is 3.23. The highest BCUT2D eigenvalue weighted by Gasteiger charge is 2.41. The van der Waals surface area contributed by atoms with Crippen molar-refractivity contribution in [2.45, 2.75) is 31.1 Å². The zero-order valence-corrected chi connectivity index (χ0v) is 16.9. The smallest absolute Gasteiger partial charge is 0.407 e. The Labute approximate surface area is 173 Å². The van der Waals surface area contributed by atoms with Gasteiger partial charge in [0.15, 0.2) is 11.5 Å². The summed E-state index contributed by atoms with van der Waals surface area (Å²) in [6.45, 7) is 0.102. The van der Waals surface area contributed by atoms with Gasteiger partial charge in [-0.05, 0) is 36.1 Å². The molecule has 0 radical (unpaired) electrons. The topological polar surface area (TPSA) is 50.8 Å². The molecule has 2 aromatic rings. The Hall–Kier alpha value is -2.74. The molecule has 1 amide bonds. The minimum absolute atomic E-state index is 0.0793. The number of methoxy groups -OCH3 is 2. The summed E-state index contributed by atoms with van der Waals surface area (Å²) in [5.41, 5.74) is 0.949. The first kappa shape index (κ1) is 22.0. The number of benzene rings is 2. The van der Waals surface area contributed by atoms with Crippen molar-refractivity contribution in [2.24, 2.45) is 0 Å². The van der Waals surface area contributed by atoms with Crippen molar-refractivity contribution in [3.8, 4) is 11.5 Å². The minimum Gasteiger partial charge on any atom is -0.493 e. The molecule has 0 saturated carbocycles. The second kappa shape index (κ2) is 9.38. The van der Waals surface area contributed by atoms with Gasteiger partial charge in [-0.3, -0.25) is 10.1 Å². The van der Waals surface area contributed by atoms with Crippen LogP contribution in [0.25, 0.3) is 0 Å². The van der Waals surface area contributed by atoms with Gasteiger partial charge in [0.2, 0.25) is 5.91 Å². The predicted octanol–water partition coefficient (Wildman–Crippen LogP) is 4.26. The van der Waals surface area contributed by atoms with Crippen LogP contribution in [0.5, 0.6) is 11.5 Å². The lowest BCUT2D eigenvalue weighted by atomic mass is 10.0. The molecule has 0 aliphatic carbocycles. The summed E-state index contributed by atoms with van der Waals surface area (Å²) < 4.78 is 51.1. The Morgan fingerprint density at radius 3 is 2.47 bits per heavy atom. The van der Waals surface area contributed by atoms with Crippen LogP contribution < -0.4 is 14.8 Å². The summed E-state index contributed by atoms with van der Waals surface area (Å²) in [6, 6.07) is 10.9. The lowest BCUT2D eigenvalue weighted by molar-refractivity contribution is -0.159. The van der Waals surface area contributed by atoms with Crippen LogP contribution in [0.4, 0.5) is 13.2 Å². The van der Waals surface area contributed by atoms with Crippen LogP contribution in [0.2, 0.25) is 0 Å². The molecule has 5 nitrogen and oxygen atoms in total. The van der Waals surface area contributed by atoms with E-state index < -0.39 is 18.8 Å². The maximum atomic E-state index is 13.5. The number of halogens is 3. The van der Waals surface area contributed by atoms with Crippen LogP contribution in [0.15, 0.2) is 48.5 Å². The van der Waals surface area contributed by atoms with Crippen molar-refractivity contribution in [1.29, 1.82) is 0 Å². The van der Waals surface area contributed by atoms with Crippen molar-refractivity contribution in [3.05, 3.63) is 59.7 Å². The maximum absolute atomic E-state index is 13.5. The van der Waals surface area contributed by atoms with Crippen LogP contribution in [0.1, 0.15) is 36.1 Å². The minimum atomic E-state index is -4.50. The molecular formula is C22H25F3N2O3. The van der Waals surface area contributed by atoms with Gasteiger partial charge >= 0.3 is 6.18 Å². The van der Waals surface area contributed by atoms with Gasteiger partial charge < -0.3 is 14.4 Å². The monoisotopic (exact) mass is 422 g/mol. The van der Waals surface area contributed by atoms with Gasteiger partial charge in [-0.2, -0.15) is 13.2 Å². The summed E-state index contributed by atoms with van der Waals surface area (Å²) in [6.07, 6.45) is -2.98. The van der Waals surface area contributed by atoms with Crippen molar-refractivity contribution in [3.63, 3.8) is 0 Å². The number of alkyl halides is 3. The molecule has 0 spiro atoms. The Balaban J connectivity index is 1.73. The van der Waals surface area contributed by atoms with E-state index in [1.54, 1.807) is 36.3 Å². The van der Waals surface area contributed by atoms with E-state index in [2.05, 4.69) is 5.32 Å². The number of likely N-dealkylation sites (tertiary alicyclic amines) is 1. The van der Waals surface area contributed by atoms with E-state index in [0.717, 1.165) is 18.4 Å². The standard InChI is InChI=1S/C22H25F3N2O3/c1-29-18-11-10-16(13-19(18)30-2)17-9-6-12-27(17)20(28)14-26-21(22(23,24)25)15-7-4-3-5-8-15/h3-5,7-8,10-11,13,17,21,26H,6,9,12,14H2,1-2H3. The third-order valence-electron chi connectivity index (χ3n) is 5.28. The van der Waals surface area contributed by atoms with E-state index in [0.29, 0.717) is 18.0 Å². The number of nitrogens with one attached hydrogen (secondary N) is 1. The van der Waals surface area contributed by atoms with Crippen molar-refractivity contribution >= 4 is 5.91 Å². The molecule has 1 aliphatic heterocycles. The third kappa shape index (κ3) is 4.87. The van der Waals surface area contributed by atoms with E-state index in [4.69, 9.17) is 9.47 Å². The van der Waals surface area contributed by atoms with E-state index in [9.17, 15) is 18.0 Å². The quantitative estimate of drug-likeness (QED) is 0.725. The van der Waals surface area contributed by atoms with Gasteiger partial charge in [0.25, 0.3) is 0 Å². The normalized spacial score (nSPS) is 17.6. The molecule has 162 valence electrons. The summed E-state index contributed by atoms with van der Waals surface area (Å²) in [5.74, 6) is 0.765. The number of carbonyl (C=O) groups excluding carboxylic acids is 1. The highest BCUT2D eigenvalue weighted by molar-refractivity contribution is 5.79. The molecule has 0 aromatic heterocycles. The van der Waals surface area contributed by atoms with Gasteiger partial charge in [-0.1, -0.05) is 36.4 Å². The largest absolute Gasteiger partial charge is 0.493 e. The number of nitrogens with zero attached hydrogens (tertiary/aromatic N) is 1. The number of carbonyl (C=O) groups is 1. The van der Waals surface area contributed by atoms with Gasteiger partial charge in [0, 0.05) is 6.54 Å². The number of hydrogen-bond donors (Lipinski definition) is 1. The van der Waals surface area contributed by atoms with Gasteiger partial charge in [-0.15, -0.1) is 0 Å². The third-order valence-corrected chi connectivity index (χ3v) is 5.28. The lowest BCUT2D eigenvalue weighted by Gasteiger charge is -2.28. The van der Waals surface area contributed by atoms with Gasteiger partial charge in [-0.25, -0.2) is 0 Å². The highest BCUT2D eigenvalue weighted by Crippen LogP contribution is 2.37. The lowest BCUT2D eigenvalue weighted by Crippen LogP contribution is -2.42. The summed E-state index contributed by atoms with van der Waals surface area (Å²) in [7, 11) is 3.07. The maximum Gasteiger partial charge on any atom is 0.407 e. The second-order valence-corrected chi connectivity index (χ2v) is 7.13. The molecule has 2 unspecified atom stereocenters. The number of rotatable bonds is 7. The Kier molecular flexibility index (Phi) is 6.87. The summed E-state index contributed by atoms with van der Waals surface area (Å²) in [5, 5.41) is 2.40. The van der Waals surface area contributed by atoms with E-state index >= 15 is 0 Å². The molecule has 2 atom stereocenters. The molecule has 1 heterocycles. The first-order valence-electron chi connectivity index (χ1n) is 9.71.